The van der Waals surface area contributed by atoms with Gasteiger partial charge in [0.15, 0.2) is 6.10 Å². The number of allylic oxidation sites excluding steroid dienone is 1. The van der Waals surface area contributed by atoms with Crippen LogP contribution in [0.1, 0.15) is 0 Å². The van der Waals surface area contributed by atoms with Crippen LogP contribution < -0.4 is 0 Å². The first kappa shape index (κ1) is 10.6. The molecule has 1 rings (SSSR count). The molecule has 0 saturated carbocycles. The lowest BCUT2D eigenvalue weighted by Crippen LogP contribution is -2.17. The molecule has 1 aliphatic rings. The number of hydrogen-bond acceptors (Lipinski definition) is 4. The Kier molecular flexibility index (Phi) is 3.51. The van der Waals surface area contributed by atoms with Crippen LogP contribution in [-0.2, 0) is 14.3 Å². The highest BCUT2D eigenvalue weighted by Crippen LogP contribution is 2.18. The Bertz CT molecular complexity index is 350. The Labute approximate surface area is 85.4 Å². The molecule has 0 bridgehead atoms. The maximum Gasteiger partial charge on any atom is 0.404 e. The minimum absolute atomic E-state index is 0.165. The minimum Gasteiger partial charge on any atom is -0.497 e. The van der Waals surface area contributed by atoms with E-state index >= 15 is 0 Å². The Hall–Kier alpha value is -1.51. The maximum absolute atomic E-state index is 10.5. The lowest BCUT2D eigenvalue weighted by Gasteiger charge is -2.15. The molecule has 0 saturated heterocycles. The van der Waals surface area contributed by atoms with Crippen LogP contribution in [-0.4, -0.2) is 24.6 Å². The van der Waals surface area contributed by atoms with Crippen LogP contribution in [0.4, 0.5) is 4.79 Å². The van der Waals surface area contributed by atoms with E-state index in [1.807, 2.05) is 0 Å². The van der Waals surface area contributed by atoms with Gasteiger partial charge in [-0.2, -0.15) is 0 Å². The number of methoxy groups -OCH3 is 1. The molecule has 1 aliphatic carbocycles. The summed E-state index contributed by atoms with van der Waals surface area (Å²) in [5.41, 5.74) is -0.806. The molecule has 0 spiro atoms. The fourth-order valence-electron chi connectivity index (χ4n) is 0.987. The number of hydrogen-bond donors (Lipinski definition) is 0. The smallest absolute Gasteiger partial charge is 0.404 e. The summed E-state index contributed by atoms with van der Waals surface area (Å²) in [5.74, 6) is 2.14. The van der Waals surface area contributed by atoms with Gasteiger partial charge in [0.05, 0.1) is 12.7 Å². The van der Waals surface area contributed by atoms with Crippen molar-refractivity contribution >= 4 is 23.0 Å². The normalized spacial score (nSPS) is 19.7. The second-order valence-electron chi connectivity index (χ2n) is 2.44. The highest BCUT2D eigenvalue weighted by molar-refractivity contribution is 6.61. The van der Waals surface area contributed by atoms with Crippen LogP contribution in [0, 0.1) is 0 Å². The molecule has 0 N–H and O–H groups in total. The minimum atomic E-state index is -0.971. The fraction of sp³-hybridized carbons (Fsp3) is 0.222. The Morgan fingerprint density at radius 3 is 2.86 bits per heavy atom. The van der Waals surface area contributed by atoms with Gasteiger partial charge in [0, 0.05) is 11.6 Å². The Balaban J connectivity index is 2.85. The quantitative estimate of drug-likeness (QED) is 0.517. The molecule has 0 aromatic heterocycles. The zero-order valence-corrected chi connectivity index (χ0v) is 8.08. The van der Waals surface area contributed by atoms with Crippen molar-refractivity contribution in [2.75, 3.05) is 7.11 Å². The van der Waals surface area contributed by atoms with Crippen LogP contribution in [0.2, 0.25) is 0 Å². The summed E-state index contributed by atoms with van der Waals surface area (Å²) in [6.45, 7) is 0. The molecule has 0 amide bonds. The van der Waals surface area contributed by atoms with Crippen molar-refractivity contribution in [2.24, 2.45) is 0 Å². The lowest BCUT2D eigenvalue weighted by molar-refractivity contribution is 0.160. The molecule has 0 fully saturated rings. The number of carbonyl (C=O) groups is 1. The standard InChI is InChI=1S/C9H7ClO4/c1-13-7-2-3-8(14-9(10)12)6(4-7)5-11/h2-4,8H,1H3. The molecule has 4 nitrogen and oxygen atoms in total. The first-order valence-corrected chi connectivity index (χ1v) is 4.10. The summed E-state index contributed by atoms with van der Waals surface area (Å²) in [4.78, 5) is 20.9. The molecular formula is C9H7ClO4. The highest BCUT2D eigenvalue weighted by Gasteiger charge is 2.19. The zero-order valence-electron chi connectivity index (χ0n) is 7.32. The van der Waals surface area contributed by atoms with Gasteiger partial charge < -0.3 is 9.47 Å². The van der Waals surface area contributed by atoms with Crippen molar-refractivity contribution < 1.29 is 19.1 Å². The van der Waals surface area contributed by atoms with Gasteiger partial charge in [0.25, 0.3) is 0 Å². The van der Waals surface area contributed by atoms with E-state index in [9.17, 15) is 9.59 Å². The second kappa shape index (κ2) is 4.65. The van der Waals surface area contributed by atoms with Crippen molar-refractivity contribution in [3.63, 3.8) is 0 Å². The van der Waals surface area contributed by atoms with Crippen molar-refractivity contribution in [2.45, 2.75) is 6.10 Å². The van der Waals surface area contributed by atoms with Gasteiger partial charge in [0.2, 0.25) is 0 Å². The summed E-state index contributed by atoms with van der Waals surface area (Å²) in [6.07, 6.45) is 3.71. The van der Waals surface area contributed by atoms with Gasteiger partial charge in [-0.1, -0.05) is 0 Å². The van der Waals surface area contributed by atoms with Gasteiger partial charge in [-0.15, -0.1) is 0 Å². The van der Waals surface area contributed by atoms with Gasteiger partial charge >= 0.3 is 5.43 Å². The zero-order chi connectivity index (χ0) is 10.6. The summed E-state index contributed by atoms with van der Waals surface area (Å²) in [6, 6.07) is 0. The highest BCUT2D eigenvalue weighted by atomic mass is 35.5. The molecular weight excluding hydrogens is 208 g/mol. The van der Waals surface area contributed by atoms with Crippen molar-refractivity contribution in [1.29, 1.82) is 0 Å². The first-order chi connectivity index (χ1) is 6.67. The number of ether oxygens (including phenoxy) is 2. The monoisotopic (exact) mass is 214 g/mol. The molecule has 0 heterocycles. The maximum atomic E-state index is 10.5. The number of carbonyl (C=O) groups excluding carboxylic acids is 2. The Morgan fingerprint density at radius 1 is 1.64 bits per heavy atom. The third-order valence-electron chi connectivity index (χ3n) is 1.61. The molecule has 5 heteroatoms. The lowest BCUT2D eigenvalue weighted by atomic mass is 10.1. The number of halogens is 1. The average Bonchev–Trinajstić information content (AvgIpc) is 2.17. The van der Waals surface area contributed by atoms with E-state index in [2.05, 4.69) is 4.74 Å². The third kappa shape index (κ3) is 2.49. The van der Waals surface area contributed by atoms with Crippen molar-refractivity contribution in [3.8, 4) is 0 Å². The number of rotatable bonds is 2. The Morgan fingerprint density at radius 2 is 2.36 bits per heavy atom. The van der Waals surface area contributed by atoms with Crippen LogP contribution in [0.3, 0.4) is 0 Å². The van der Waals surface area contributed by atoms with Crippen LogP contribution in [0.15, 0.2) is 29.6 Å². The largest absolute Gasteiger partial charge is 0.497 e. The van der Waals surface area contributed by atoms with E-state index in [1.165, 1.54) is 19.3 Å². The first-order valence-electron chi connectivity index (χ1n) is 3.72. The van der Waals surface area contributed by atoms with E-state index < -0.39 is 11.5 Å². The SMILES string of the molecule is COC1=CC(=C=O)C(OC(=O)Cl)C=C1. The van der Waals surface area contributed by atoms with E-state index in [0.717, 1.165) is 0 Å². The molecule has 1 unspecified atom stereocenters. The topological polar surface area (TPSA) is 52.6 Å². The fourth-order valence-corrected chi connectivity index (χ4v) is 1.08. The van der Waals surface area contributed by atoms with Crippen LogP contribution in [0.25, 0.3) is 0 Å². The molecule has 0 aromatic rings. The predicted octanol–water partition coefficient (Wildman–Crippen LogP) is 1.59. The van der Waals surface area contributed by atoms with Crippen LogP contribution in [0.5, 0.6) is 0 Å². The van der Waals surface area contributed by atoms with Gasteiger partial charge in [-0.05, 0) is 18.2 Å². The predicted molar refractivity (Wildman–Crippen MR) is 49.6 cm³/mol. The average molecular weight is 215 g/mol. The molecule has 0 radical (unpaired) electrons. The summed E-state index contributed by atoms with van der Waals surface area (Å²) in [7, 11) is 1.46. The summed E-state index contributed by atoms with van der Waals surface area (Å²) < 4.78 is 9.51. The third-order valence-corrected chi connectivity index (χ3v) is 1.70. The van der Waals surface area contributed by atoms with E-state index in [1.54, 1.807) is 12.0 Å². The van der Waals surface area contributed by atoms with E-state index in [4.69, 9.17) is 16.3 Å². The van der Waals surface area contributed by atoms with Crippen LogP contribution >= 0.6 is 11.6 Å². The molecule has 74 valence electrons. The van der Waals surface area contributed by atoms with Gasteiger partial charge in [-0.3, -0.25) is 0 Å². The van der Waals surface area contributed by atoms with Crippen molar-refractivity contribution in [3.05, 3.63) is 29.6 Å². The molecule has 1 atom stereocenters. The van der Waals surface area contributed by atoms with Gasteiger partial charge in [0.1, 0.15) is 11.7 Å². The molecule has 0 aromatic carbocycles. The van der Waals surface area contributed by atoms with E-state index in [0.29, 0.717) is 5.76 Å². The summed E-state index contributed by atoms with van der Waals surface area (Å²) in [5, 5.41) is 0. The summed E-state index contributed by atoms with van der Waals surface area (Å²) >= 11 is 5.01. The molecule has 14 heavy (non-hydrogen) atoms. The second-order valence-corrected chi connectivity index (χ2v) is 2.75. The van der Waals surface area contributed by atoms with Gasteiger partial charge in [-0.25, -0.2) is 9.59 Å². The van der Waals surface area contributed by atoms with Crippen molar-refractivity contribution in [1.82, 2.24) is 0 Å². The molecule has 0 aliphatic heterocycles. The van der Waals surface area contributed by atoms with E-state index in [-0.39, 0.29) is 5.57 Å².